The van der Waals surface area contributed by atoms with Gasteiger partial charge in [-0.3, -0.25) is 14.9 Å². The van der Waals surface area contributed by atoms with Crippen molar-refractivity contribution in [2.45, 2.75) is 26.1 Å². The number of amides is 1. The lowest BCUT2D eigenvalue weighted by molar-refractivity contribution is -0.137. The van der Waals surface area contributed by atoms with Gasteiger partial charge in [0.25, 0.3) is 11.5 Å². The Morgan fingerprint density at radius 2 is 1.76 bits per heavy atom. The van der Waals surface area contributed by atoms with E-state index in [1.54, 1.807) is 6.07 Å². The molecule has 0 unspecified atom stereocenters. The summed E-state index contributed by atoms with van der Waals surface area (Å²) in [5, 5.41) is 7.24. The number of thiazole rings is 1. The molecule has 0 spiro atoms. The topological polar surface area (TPSA) is 76.9 Å². The van der Waals surface area contributed by atoms with Crippen LogP contribution in [-0.2, 0) is 6.18 Å². The van der Waals surface area contributed by atoms with Crippen LogP contribution in [0.25, 0.3) is 21.8 Å². The van der Waals surface area contributed by atoms with Gasteiger partial charge in [0.1, 0.15) is 5.69 Å². The fourth-order valence-corrected chi connectivity index (χ4v) is 4.21. The molecule has 1 N–H and O–H groups in total. The molecule has 2 aromatic heterocycles. The summed E-state index contributed by atoms with van der Waals surface area (Å²) in [7, 11) is 0. The lowest BCUT2D eigenvalue weighted by Gasteiger charge is -2.09. The van der Waals surface area contributed by atoms with Gasteiger partial charge in [-0.2, -0.15) is 18.3 Å². The summed E-state index contributed by atoms with van der Waals surface area (Å²) in [6.07, 6.45) is -4.56. The number of alkyl halides is 3. The molecule has 0 aliphatic heterocycles. The smallest absolute Gasteiger partial charge is 0.298 e. The lowest BCUT2D eigenvalue weighted by atomic mass is 10.1. The van der Waals surface area contributed by atoms with Crippen molar-refractivity contribution in [3.05, 3.63) is 88.2 Å². The molecule has 0 saturated heterocycles. The molecular formula is C24H19F3N4O2S. The quantitative estimate of drug-likeness (QED) is 0.384. The van der Waals surface area contributed by atoms with Gasteiger partial charge in [-0.25, -0.2) is 9.67 Å². The fourth-order valence-electron chi connectivity index (χ4n) is 3.26. The van der Waals surface area contributed by atoms with Crippen molar-refractivity contribution < 1.29 is 18.0 Å². The summed E-state index contributed by atoms with van der Waals surface area (Å²) in [6, 6.07) is 16.2. The van der Waals surface area contributed by atoms with Crippen LogP contribution in [-0.4, -0.2) is 20.7 Å². The second kappa shape index (κ2) is 9.22. The molecule has 6 nitrogen and oxygen atoms in total. The molecule has 0 aliphatic carbocycles. The Kier molecular flexibility index (Phi) is 6.34. The van der Waals surface area contributed by atoms with E-state index in [4.69, 9.17) is 0 Å². The molecule has 4 aromatic rings. The Balaban J connectivity index is 1.75. The molecular weight excluding hydrogens is 465 g/mol. The number of aromatic nitrogens is 3. The third-order valence-electron chi connectivity index (χ3n) is 4.89. The SMILES string of the molecule is CC(C)n1nc(-c2sc(NC(=O)c3cccc(C(F)(F)F)c3)nc2-c2ccccc2)ccc1=O. The maximum atomic E-state index is 13.0. The van der Waals surface area contributed by atoms with E-state index in [2.05, 4.69) is 15.4 Å². The summed E-state index contributed by atoms with van der Waals surface area (Å²) < 4.78 is 40.5. The first-order valence-corrected chi connectivity index (χ1v) is 11.1. The highest BCUT2D eigenvalue weighted by molar-refractivity contribution is 7.19. The van der Waals surface area contributed by atoms with Gasteiger partial charge < -0.3 is 0 Å². The van der Waals surface area contributed by atoms with Crippen molar-refractivity contribution in [2.24, 2.45) is 0 Å². The van der Waals surface area contributed by atoms with E-state index in [-0.39, 0.29) is 22.3 Å². The average Bonchev–Trinajstić information content (AvgIpc) is 3.23. The van der Waals surface area contributed by atoms with Gasteiger partial charge in [-0.05, 0) is 38.1 Å². The van der Waals surface area contributed by atoms with Gasteiger partial charge in [-0.15, -0.1) is 0 Å². The average molecular weight is 485 g/mol. The third-order valence-corrected chi connectivity index (χ3v) is 5.89. The van der Waals surface area contributed by atoms with Gasteiger partial charge in [0.05, 0.1) is 22.2 Å². The number of rotatable bonds is 5. The minimum atomic E-state index is -4.56. The maximum Gasteiger partial charge on any atom is 0.416 e. The number of hydrogen-bond donors (Lipinski definition) is 1. The molecule has 0 saturated carbocycles. The molecule has 34 heavy (non-hydrogen) atoms. The largest absolute Gasteiger partial charge is 0.416 e. The maximum absolute atomic E-state index is 13.0. The van der Waals surface area contributed by atoms with E-state index in [0.717, 1.165) is 29.0 Å². The Morgan fingerprint density at radius 1 is 1.03 bits per heavy atom. The van der Waals surface area contributed by atoms with Crippen molar-refractivity contribution >= 4 is 22.4 Å². The number of nitrogens with one attached hydrogen (secondary N) is 1. The minimum Gasteiger partial charge on any atom is -0.298 e. The zero-order chi connectivity index (χ0) is 24.5. The fraction of sp³-hybridized carbons (Fsp3) is 0.167. The van der Waals surface area contributed by atoms with Gasteiger partial charge >= 0.3 is 6.18 Å². The Morgan fingerprint density at radius 3 is 2.44 bits per heavy atom. The summed E-state index contributed by atoms with van der Waals surface area (Å²) in [4.78, 5) is 30.0. The second-order valence-electron chi connectivity index (χ2n) is 7.69. The van der Waals surface area contributed by atoms with Crippen LogP contribution in [0.5, 0.6) is 0 Å². The lowest BCUT2D eigenvalue weighted by Crippen LogP contribution is -2.23. The van der Waals surface area contributed by atoms with Crippen LogP contribution in [0.15, 0.2) is 71.5 Å². The summed E-state index contributed by atoms with van der Waals surface area (Å²) in [5.74, 6) is -0.717. The number of carbonyl (C=O) groups is 1. The molecule has 2 heterocycles. The highest BCUT2D eigenvalue weighted by atomic mass is 32.1. The van der Waals surface area contributed by atoms with Gasteiger partial charge in [0, 0.05) is 17.2 Å². The molecule has 0 radical (unpaired) electrons. The molecule has 174 valence electrons. The molecule has 0 fully saturated rings. The van der Waals surface area contributed by atoms with Crippen LogP contribution in [0.3, 0.4) is 0 Å². The van der Waals surface area contributed by atoms with E-state index in [1.165, 1.54) is 22.9 Å². The van der Waals surface area contributed by atoms with E-state index < -0.39 is 17.6 Å². The summed E-state index contributed by atoms with van der Waals surface area (Å²) in [5.41, 5.74) is 0.486. The summed E-state index contributed by atoms with van der Waals surface area (Å²) >= 11 is 1.12. The van der Waals surface area contributed by atoms with Crippen molar-refractivity contribution in [2.75, 3.05) is 5.32 Å². The number of halogens is 3. The van der Waals surface area contributed by atoms with E-state index >= 15 is 0 Å². The van der Waals surface area contributed by atoms with Crippen LogP contribution >= 0.6 is 11.3 Å². The van der Waals surface area contributed by atoms with Crippen molar-refractivity contribution in [3.8, 4) is 21.8 Å². The van der Waals surface area contributed by atoms with Crippen LogP contribution < -0.4 is 10.9 Å². The Labute approximate surface area is 196 Å². The number of nitrogens with zero attached hydrogens (tertiary/aromatic N) is 3. The van der Waals surface area contributed by atoms with Crippen LogP contribution in [0.4, 0.5) is 18.3 Å². The normalized spacial score (nSPS) is 11.6. The van der Waals surface area contributed by atoms with Crippen LogP contribution in [0, 0.1) is 0 Å². The minimum absolute atomic E-state index is 0.140. The Bertz CT molecular complexity index is 1400. The standard InChI is InChI=1S/C24H19F3N4O2S/c1-14(2)31-19(32)12-11-18(30-31)21-20(15-7-4-3-5-8-15)28-23(34-21)29-22(33)16-9-6-10-17(13-16)24(25,26)27/h3-14H,1-2H3,(H,28,29,33). The van der Waals surface area contributed by atoms with Crippen molar-refractivity contribution in [1.82, 2.24) is 14.8 Å². The predicted molar refractivity (Wildman–Crippen MR) is 125 cm³/mol. The van der Waals surface area contributed by atoms with Crippen molar-refractivity contribution in [1.29, 1.82) is 0 Å². The zero-order valence-electron chi connectivity index (χ0n) is 18.1. The molecule has 1 amide bonds. The van der Waals surface area contributed by atoms with Gasteiger partial charge in [-0.1, -0.05) is 47.7 Å². The van der Waals surface area contributed by atoms with Crippen LogP contribution in [0.2, 0.25) is 0 Å². The monoisotopic (exact) mass is 484 g/mol. The Hall–Kier alpha value is -3.79. The first-order valence-electron chi connectivity index (χ1n) is 10.3. The van der Waals surface area contributed by atoms with Gasteiger partial charge in [0.15, 0.2) is 5.13 Å². The highest BCUT2D eigenvalue weighted by Crippen LogP contribution is 2.38. The first kappa shape index (κ1) is 23.4. The number of anilines is 1. The van der Waals surface area contributed by atoms with Crippen molar-refractivity contribution in [3.63, 3.8) is 0 Å². The van der Waals surface area contributed by atoms with E-state index in [1.807, 2.05) is 44.2 Å². The predicted octanol–water partition coefficient (Wildman–Crippen LogP) is 5.89. The van der Waals surface area contributed by atoms with Crippen LogP contribution in [0.1, 0.15) is 35.8 Å². The molecule has 10 heteroatoms. The summed E-state index contributed by atoms with van der Waals surface area (Å²) in [6.45, 7) is 3.67. The first-order chi connectivity index (χ1) is 16.1. The molecule has 4 rings (SSSR count). The zero-order valence-corrected chi connectivity index (χ0v) is 18.9. The van der Waals surface area contributed by atoms with E-state index in [0.29, 0.717) is 16.3 Å². The number of carbonyl (C=O) groups excluding carboxylic acids is 1. The molecule has 0 aliphatic rings. The molecule has 0 bridgehead atoms. The number of benzene rings is 2. The highest BCUT2D eigenvalue weighted by Gasteiger charge is 2.31. The molecule has 2 aromatic carbocycles. The third kappa shape index (κ3) is 4.91. The molecule has 0 atom stereocenters. The second-order valence-corrected chi connectivity index (χ2v) is 8.69. The van der Waals surface area contributed by atoms with Gasteiger partial charge in [0.2, 0.25) is 0 Å². The number of hydrogen-bond acceptors (Lipinski definition) is 5. The van der Waals surface area contributed by atoms with E-state index in [9.17, 15) is 22.8 Å².